The Morgan fingerprint density at radius 2 is 1.76 bits per heavy atom. The average molecular weight is 340 g/mol. The Morgan fingerprint density at radius 1 is 1.12 bits per heavy atom. The van der Waals surface area contributed by atoms with Gasteiger partial charge in [-0.1, -0.05) is 43.7 Å². The highest BCUT2D eigenvalue weighted by molar-refractivity contribution is 5.87. The summed E-state index contributed by atoms with van der Waals surface area (Å²) in [5.41, 5.74) is 3.06. The molecule has 4 fully saturated rings. The fraction of sp³-hybridized carbons (Fsp3) is 0.696. The molecule has 1 aromatic carbocycles. The molecule has 4 aliphatic carbocycles. The first-order valence-electron chi connectivity index (χ1n) is 10.2. The predicted octanol–water partition coefficient (Wildman–Crippen LogP) is 4.65. The summed E-state index contributed by atoms with van der Waals surface area (Å²) in [5, 5.41) is 3.42. The summed E-state index contributed by atoms with van der Waals surface area (Å²) in [6.07, 6.45) is 7.38. The Labute approximate surface area is 152 Å². The molecule has 0 amide bonds. The van der Waals surface area contributed by atoms with E-state index in [0.29, 0.717) is 18.2 Å². The van der Waals surface area contributed by atoms with Crippen LogP contribution in [0.2, 0.25) is 0 Å². The Kier molecular flexibility index (Phi) is 4.30. The number of carbonyl (C=O) groups excluding carboxylic acids is 1. The molecule has 1 aromatic rings. The quantitative estimate of drug-likeness (QED) is 0.817. The predicted molar refractivity (Wildman–Crippen MR) is 103 cm³/mol. The van der Waals surface area contributed by atoms with Crippen LogP contribution >= 0.6 is 0 Å². The fourth-order valence-electron chi connectivity index (χ4n) is 6.50. The maximum absolute atomic E-state index is 13.2. The lowest BCUT2D eigenvalue weighted by molar-refractivity contribution is -0.145. The molecule has 5 rings (SSSR count). The number of carbonyl (C=O) groups is 1. The van der Waals surface area contributed by atoms with E-state index in [1.165, 1.54) is 30.4 Å². The van der Waals surface area contributed by atoms with Gasteiger partial charge in [0.15, 0.2) is 5.78 Å². The topological polar surface area (TPSA) is 29.1 Å². The summed E-state index contributed by atoms with van der Waals surface area (Å²) in [6, 6.07) is 9.20. The summed E-state index contributed by atoms with van der Waals surface area (Å²) in [5.74, 6) is 2.62. The third-order valence-corrected chi connectivity index (χ3v) is 7.15. The van der Waals surface area contributed by atoms with Gasteiger partial charge in [0.1, 0.15) is 0 Å². The molecule has 4 aliphatic rings. The van der Waals surface area contributed by atoms with Crippen molar-refractivity contribution < 1.29 is 4.79 Å². The van der Waals surface area contributed by atoms with Crippen LogP contribution < -0.4 is 5.32 Å². The van der Waals surface area contributed by atoms with E-state index in [4.69, 9.17) is 0 Å². The zero-order valence-corrected chi connectivity index (χ0v) is 16.1. The lowest BCUT2D eigenvalue weighted by atomic mass is 9.42. The minimum absolute atomic E-state index is 0.0427. The van der Waals surface area contributed by atoms with Crippen molar-refractivity contribution in [1.29, 1.82) is 0 Å². The van der Waals surface area contributed by atoms with Gasteiger partial charge in [0.25, 0.3) is 0 Å². The number of aryl methyl sites for hydroxylation is 1. The van der Waals surface area contributed by atoms with Gasteiger partial charge >= 0.3 is 0 Å². The van der Waals surface area contributed by atoms with Crippen LogP contribution in [0.1, 0.15) is 63.5 Å². The van der Waals surface area contributed by atoms with Crippen LogP contribution in [-0.2, 0) is 10.2 Å². The number of hydrogen-bond donors (Lipinski definition) is 1. The number of ketones is 1. The molecular weight excluding hydrogens is 306 g/mol. The van der Waals surface area contributed by atoms with Gasteiger partial charge < -0.3 is 5.32 Å². The maximum atomic E-state index is 13.2. The zero-order chi connectivity index (χ0) is 17.7. The average Bonchev–Trinajstić information content (AvgIpc) is 2.53. The molecule has 4 saturated carbocycles. The smallest absolute Gasteiger partial charge is 0.152 e. The van der Waals surface area contributed by atoms with Gasteiger partial charge in [-0.3, -0.25) is 4.79 Å². The molecule has 0 saturated heterocycles. The Bertz CT molecular complexity index is 631. The van der Waals surface area contributed by atoms with Crippen molar-refractivity contribution in [2.75, 3.05) is 13.1 Å². The highest BCUT2D eigenvalue weighted by Crippen LogP contribution is 2.65. The third-order valence-electron chi connectivity index (χ3n) is 7.15. The van der Waals surface area contributed by atoms with Crippen LogP contribution in [-0.4, -0.2) is 18.9 Å². The minimum Gasteiger partial charge on any atom is -0.310 e. The summed E-state index contributed by atoms with van der Waals surface area (Å²) < 4.78 is 0. The fourth-order valence-corrected chi connectivity index (χ4v) is 6.50. The monoisotopic (exact) mass is 339 g/mol. The standard InChI is InChI=1S/C23H33NO/c1-16(2)13-24-14-21(25)23-11-18-8-19(12-23)10-22(9-18,15-23)20-6-4-17(3)5-7-20/h4-7,16,18-19,24H,8-15H2,1-3H3. The van der Waals surface area contributed by atoms with Crippen molar-refractivity contribution in [2.45, 2.75) is 64.7 Å². The molecule has 0 heterocycles. The molecular formula is C23H33NO. The molecule has 25 heavy (non-hydrogen) atoms. The molecule has 2 nitrogen and oxygen atoms in total. The van der Waals surface area contributed by atoms with Gasteiger partial charge in [-0.25, -0.2) is 0 Å². The van der Waals surface area contributed by atoms with Crippen LogP contribution in [0, 0.1) is 30.1 Å². The van der Waals surface area contributed by atoms with E-state index in [1.54, 1.807) is 0 Å². The van der Waals surface area contributed by atoms with Crippen molar-refractivity contribution in [3.8, 4) is 0 Å². The van der Waals surface area contributed by atoms with Crippen LogP contribution in [0.5, 0.6) is 0 Å². The summed E-state index contributed by atoms with van der Waals surface area (Å²) in [4.78, 5) is 13.2. The molecule has 1 N–H and O–H groups in total. The highest BCUT2D eigenvalue weighted by atomic mass is 16.1. The number of nitrogens with one attached hydrogen (secondary N) is 1. The lowest BCUT2D eigenvalue weighted by Crippen LogP contribution is -2.58. The highest BCUT2D eigenvalue weighted by Gasteiger charge is 2.60. The van der Waals surface area contributed by atoms with Crippen LogP contribution in [0.4, 0.5) is 0 Å². The molecule has 0 aromatic heterocycles. The van der Waals surface area contributed by atoms with Crippen molar-refractivity contribution in [3.05, 3.63) is 35.4 Å². The molecule has 2 heteroatoms. The second-order valence-electron chi connectivity index (χ2n) is 9.84. The van der Waals surface area contributed by atoms with E-state index in [-0.39, 0.29) is 10.8 Å². The van der Waals surface area contributed by atoms with Gasteiger partial charge in [-0.05, 0) is 80.7 Å². The Morgan fingerprint density at radius 3 is 2.36 bits per heavy atom. The number of benzene rings is 1. The molecule has 0 radical (unpaired) electrons. The second-order valence-corrected chi connectivity index (χ2v) is 9.84. The van der Waals surface area contributed by atoms with E-state index < -0.39 is 0 Å². The number of Topliss-reactive ketones (excluding diaryl/α,β-unsaturated/α-hetero) is 1. The van der Waals surface area contributed by atoms with E-state index in [9.17, 15) is 4.79 Å². The molecule has 2 atom stereocenters. The lowest BCUT2D eigenvalue weighted by Gasteiger charge is -2.62. The first-order valence-corrected chi connectivity index (χ1v) is 10.2. The summed E-state index contributed by atoms with van der Waals surface area (Å²) >= 11 is 0. The number of hydrogen-bond acceptors (Lipinski definition) is 2. The van der Waals surface area contributed by atoms with Crippen molar-refractivity contribution in [3.63, 3.8) is 0 Å². The van der Waals surface area contributed by atoms with Gasteiger partial charge in [-0.15, -0.1) is 0 Å². The van der Waals surface area contributed by atoms with Gasteiger partial charge in [0.05, 0.1) is 6.54 Å². The molecule has 0 aliphatic heterocycles. The number of rotatable bonds is 6. The minimum atomic E-state index is -0.0427. The van der Waals surface area contributed by atoms with E-state index in [0.717, 1.165) is 37.6 Å². The van der Waals surface area contributed by atoms with E-state index in [1.807, 2.05) is 0 Å². The van der Waals surface area contributed by atoms with Gasteiger partial charge in [0.2, 0.25) is 0 Å². The molecule has 136 valence electrons. The Hall–Kier alpha value is -1.15. The largest absolute Gasteiger partial charge is 0.310 e. The maximum Gasteiger partial charge on any atom is 0.152 e. The van der Waals surface area contributed by atoms with Gasteiger partial charge in [0, 0.05) is 5.41 Å². The van der Waals surface area contributed by atoms with Crippen molar-refractivity contribution >= 4 is 5.78 Å². The SMILES string of the molecule is Cc1ccc(C23CC4CC(CC(C(=O)CNCC(C)C)(C4)C2)C3)cc1. The van der Waals surface area contributed by atoms with Gasteiger partial charge in [-0.2, -0.15) is 0 Å². The van der Waals surface area contributed by atoms with Crippen molar-refractivity contribution in [1.82, 2.24) is 5.32 Å². The summed E-state index contributed by atoms with van der Waals surface area (Å²) in [6.45, 7) is 8.08. The summed E-state index contributed by atoms with van der Waals surface area (Å²) in [7, 11) is 0. The van der Waals surface area contributed by atoms with Crippen LogP contribution in [0.15, 0.2) is 24.3 Å². The second kappa shape index (κ2) is 6.23. The third kappa shape index (κ3) is 3.07. The Balaban J connectivity index is 1.58. The zero-order valence-electron chi connectivity index (χ0n) is 16.1. The molecule has 0 spiro atoms. The normalized spacial score (nSPS) is 36.2. The van der Waals surface area contributed by atoms with Crippen molar-refractivity contribution in [2.24, 2.45) is 23.2 Å². The molecule has 4 bridgehead atoms. The van der Waals surface area contributed by atoms with Crippen LogP contribution in [0.3, 0.4) is 0 Å². The van der Waals surface area contributed by atoms with E-state index in [2.05, 4.69) is 50.4 Å². The first-order chi connectivity index (χ1) is 11.9. The molecule has 2 unspecified atom stereocenters. The first kappa shape index (κ1) is 17.3. The van der Waals surface area contributed by atoms with Crippen LogP contribution in [0.25, 0.3) is 0 Å². The van der Waals surface area contributed by atoms with E-state index >= 15 is 0 Å².